The summed E-state index contributed by atoms with van der Waals surface area (Å²) in [5.41, 5.74) is 1.62. The molecule has 3 rings (SSSR count). The van der Waals surface area contributed by atoms with E-state index in [0.717, 1.165) is 4.90 Å². The summed E-state index contributed by atoms with van der Waals surface area (Å²) in [7, 11) is 1.58. The standard InChI is InChI=1S/C25H29N3O4S/c1-15(2)14-21(29)26-17-8-12-20(13-9-17)33-23-22(24(30)28(16(3)4)25(23)31)27-18-6-10-19(32-5)11-7-18/h6-13,15-16,27H,14H2,1-5H3,(H,26,29). The molecule has 0 aliphatic carbocycles. The highest BCUT2D eigenvalue weighted by Gasteiger charge is 2.40. The first kappa shape index (κ1) is 24.4. The fourth-order valence-electron chi connectivity index (χ4n) is 3.33. The van der Waals surface area contributed by atoms with Gasteiger partial charge in [0.15, 0.2) is 0 Å². The van der Waals surface area contributed by atoms with Crippen molar-refractivity contribution in [1.82, 2.24) is 4.90 Å². The highest BCUT2D eigenvalue weighted by Crippen LogP contribution is 2.37. The second-order valence-corrected chi connectivity index (χ2v) is 9.49. The molecule has 0 aromatic heterocycles. The van der Waals surface area contributed by atoms with Crippen molar-refractivity contribution in [3.63, 3.8) is 0 Å². The van der Waals surface area contributed by atoms with Gasteiger partial charge in [-0.05, 0) is 68.3 Å². The molecular weight excluding hydrogens is 438 g/mol. The Morgan fingerprint density at radius 2 is 1.55 bits per heavy atom. The summed E-state index contributed by atoms with van der Waals surface area (Å²) in [5.74, 6) is 0.250. The maximum Gasteiger partial charge on any atom is 0.278 e. The monoisotopic (exact) mass is 467 g/mol. The first-order chi connectivity index (χ1) is 15.7. The summed E-state index contributed by atoms with van der Waals surface area (Å²) in [6.07, 6.45) is 0.450. The van der Waals surface area contributed by atoms with Gasteiger partial charge in [0.1, 0.15) is 16.4 Å². The van der Waals surface area contributed by atoms with Crippen molar-refractivity contribution in [2.45, 2.75) is 45.1 Å². The number of carbonyl (C=O) groups excluding carboxylic acids is 3. The minimum atomic E-state index is -0.356. The molecule has 2 aromatic rings. The number of nitrogens with one attached hydrogen (secondary N) is 2. The van der Waals surface area contributed by atoms with Crippen LogP contribution < -0.4 is 15.4 Å². The van der Waals surface area contributed by atoms with E-state index in [1.165, 1.54) is 16.7 Å². The lowest BCUT2D eigenvalue weighted by Crippen LogP contribution is -2.38. The molecule has 2 N–H and O–H groups in total. The first-order valence-corrected chi connectivity index (χ1v) is 11.6. The predicted molar refractivity (Wildman–Crippen MR) is 131 cm³/mol. The normalized spacial score (nSPS) is 13.8. The molecular formula is C25H29N3O4S. The number of thioether (sulfide) groups is 1. The molecule has 0 spiro atoms. The average Bonchev–Trinajstić information content (AvgIpc) is 2.99. The molecule has 1 aliphatic heterocycles. The second-order valence-electron chi connectivity index (χ2n) is 8.40. The highest BCUT2D eigenvalue weighted by atomic mass is 32.2. The zero-order chi connectivity index (χ0) is 24.1. The SMILES string of the molecule is COc1ccc(NC2=C(Sc3ccc(NC(=O)CC(C)C)cc3)C(=O)N(C(C)C)C2=O)cc1. The minimum Gasteiger partial charge on any atom is -0.497 e. The number of hydrogen-bond acceptors (Lipinski definition) is 6. The van der Waals surface area contributed by atoms with Crippen molar-refractivity contribution in [2.75, 3.05) is 17.7 Å². The summed E-state index contributed by atoms with van der Waals surface area (Å²) < 4.78 is 5.18. The van der Waals surface area contributed by atoms with Crippen molar-refractivity contribution >= 4 is 40.9 Å². The van der Waals surface area contributed by atoms with E-state index in [2.05, 4.69) is 10.6 Å². The molecule has 8 heteroatoms. The minimum absolute atomic E-state index is 0.0387. The average molecular weight is 468 g/mol. The lowest BCUT2D eigenvalue weighted by atomic mass is 10.1. The number of methoxy groups -OCH3 is 1. The van der Waals surface area contributed by atoms with Crippen LogP contribution in [0.3, 0.4) is 0 Å². The molecule has 2 aromatic carbocycles. The van der Waals surface area contributed by atoms with Crippen LogP contribution in [0.1, 0.15) is 34.1 Å². The maximum atomic E-state index is 13.1. The second kappa shape index (κ2) is 10.6. The van der Waals surface area contributed by atoms with Crippen LogP contribution >= 0.6 is 11.8 Å². The number of rotatable bonds is 9. The van der Waals surface area contributed by atoms with Crippen LogP contribution in [0.25, 0.3) is 0 Å². The molecule has 0 bridgehead atoms. The molecule has 0 unspecified atom stereocenters. The van der Waals surface area contributed by atoms with Gasteiger partial charge in [0, 0.05) is 28.7 Å². The number of benzene rings is 2. The fraction of sp³-hybridized carbons (Fsp3) is 0.320. The van der Waals surface area contributed by atoms with Gasteiger partial charge in [-0.15, -0.1) is 0 Å². The predicted octanol–water partition coefficient (Wildman–Crippen LogP) is 4.87. The molecule has 174 valence electrons. The summed E-state index contributed by atoms with van der Waals surface area (Å²) in [5, 5.41) is 5.99. The van der Waals surface area contributed by atoms with Gasteiger partial charge in [0.05, 0.1) is 7.11 Å². The van der Waals surface area contributed by atoms with Gasteiger partial charge in [0.25, 0.3) is 11.8 Å². The van der Waals surface area contributed by atoms with E-state index in [4.69, 9.17) is 4.74 Å². The Bertz CT molecular complexity index is 1060. The number of anilines is 2. The van der Waals surface area contributed by atoms with Crippen LogP contribution in [0.5, 0.6) is 5.75 Å². The molecule has 0 radical (unpaired) electrons. The van der Waals surface area contributed by atoms with E-state index < -0.39 is 0 Å². The summed E-state index contributed by atoms with van der Waals surface area (Å²) in [6, 6.07) is 14.1. The number of nitrogens with zero attached hydrogens (tertiary/aromatic N) is 1. The Labute approximate surface area is 198 Å². The number of ether oxygens (including phenoxy) is 1. The van der Waals surface area contributed by atoms with Crippen molar-refractivity contribution in [2.24, 2.45) is 5.92 Å². The van der Waals surface area contributed by atoms with Gasteiger partial charge in [-0.2, -0.15) is 0 Å². The topological polar surface area (TPSA) is 87.7 Å². The van der Waals surface area contributed by atoms with E-state index in [1.54, 1.807) is 43.5 Å². The summed E-state index contributed by atoms with van der Waals surface area (Å²) in [4.78, 5) is 40.5. The van der Waals surface area contributed by atoms with Crippen LogP contribution in [-0.2, 0) is 14.4 Å². The third-order valence-corrected chi connectivity index (χ3v) is 5.99. The largest absolute Gasteiger partial charge is 0.497 e. The van der Waals surface area contributed by atoms with Crippen molar-refractivity contribution in [3.05, 3.63) is 59.1 Å². The third-order valence-electron chi connectivity index (χ3n) is 4.90. The zero-order valence-electron chi connectivity index (χ0n) is 19.5. The maximum absolute atomic E-state index is 13.1. The molecule has 1 heterocycles. The van der Waals surface area contributed by atoms with Gasteiger partial charge < -0.3 is 15.4 Å². The Morgan fingerprint density at radius 3 is 2.09 bits per heavy atom. The van der Waals surface area contributed by atoms with Crippen LogP contribution in [0, 0.1) is 5.92 Å². The molecule has 1 aliphatic rings. The number of imide groups is 1. The number of carbonyl (C=O) groups is 3. The Morgan fingerprint density at radius 1 is 0.939 bits per heavy atom. The van der Waals surface area contributed by atoms with E-state index in [-0.39, 0.29) is 35.4 Å². The quantitative estimate of drug-likeness (QED) is 0.512. The Kier molecular flexibility index (Phi) is 7.81. The molecule has 0 atom stereocenters. The molecule has 3 amide bonds. The van der Waals surface area contributed by atoms with E-state index in [1.807, 2.05) is 39.8 Å². The van der Waals surface area contributed by atoms with Crippen LogP contribution in [0.4, 0.5) is 11.4 Å². The van der Waals surface area contributed by atoms with E-state index >= 15 is 0 Å². The molecule has 0 saturated heterocycles. The summed E-state index contributed by atoms with van der Waals surface area (Å²) in [6.45, 7) is 7.60. The molecule has 0 fully saturated rings. The Hall–Kier alpha value is -3.26. The number of amides is 3. The van der Waals surface area contributed by atoms with Gasteiger partial charge in [-0.1, -0.05) is 25.6 Å². The first-order valence-electron chi connectivity index (χ1n) is 10.8. The molecule has 7 nitrogen and oxygen atoms in total. The lowest BCUT2D eigenvalue weighted by molar-refractivity contribution is -0.139. The summed E-state index contributed by atoms with van der Waals surface area (Å²) >= 11 is 1.23. The number of hydrogen-bond donors (Lipinski definition) is 2. The van der Waals surface area contributed by atoms with Gasteiger partial charge in [-0.25, -0.2) is 0 Å². The zero-order valence-corrected chi connectivity index (χ0v) is 20.3. The molecule has 0 saturated carbocycles. The third kappa shape index (κ3) is 5.96. The molecule has 33 heavy (non-hydrogen) atoms. The van der Waals surface area contributed by atoms with Crippen LogP contribution in [0.15, 0.2) is 64.0 Å². The smallest absolute Gasteiger partial charge is 0.278 e. The fourth-order valence-corrected chi connectivity index (χ4v) is 4.26. The van der Waals surface area contributed by atoms with Crippen molar-refractivity contribution < 1.29 is 19.1 Å². The highest BCUT2D eigenvalue weighted by molar-refractivity contribution is 8.04. The van der Waals surface area contributed by atoms with Crippen molar-refractivity contribution in [1.29, 1.82) is 0 Å². The van der Waals surface area contributed by atoms with E-state index in [0.29, 0.717) is 28.5 Å². The Balaban J connectivity index is 1.83. The van der Waals surface area contributed by atoms with Gasteiger partial charge >= 0.3 is 0 Å². The van der Waals surface area contributed by atoms with Gasteiger partial charge in [-0.3, -0.25) is 19.3 Å². The van der Waals surface area contributed by atoms with E-state index in [9.17, 15) is 14.4 Å². The lowest BCUT2D eigenvalue weighted by Gasteiger charge is -2.19. The van der Waals surface area contributed by atoms with Crippen LogP contribution in [-0.4, -0.2) is 35.8 Å². The van der Waals surface area contributed by atoms with Crippen LogP contribution in [0.2, 0.25) is 0 Å². The van der Waals surface area contributed by atoms with Gasteiger partial charge in [0.2, 0.25) is 5.91 Å². The van der Waals surface area contributed by atoms with Crippen molar-refractivity contribution in [3.8, 4) is 5.75 Å².